The molecule has 3 heterocycles. The molecule has 0 radical (unpaired) electrons. The van der Waals surface area contributed by atoms with E-state index in [9.17, 15) is 9.90 Å². The summed E-state index contributed by atoms with van der Waals surface area (Å²) in [6.07, 6.45) is 1.84. The largest absolute Gasteiger partial charge is 0.497 e. The lowest BCUT2D eigenvalue weighted by Crippen LogP contribution is -2.25. The maximum absolute atomic E-state index is 11.4. The maximum Gasteiger partial charge on any atom is 0.323 e. The van der Waals surface area contributed by atoms with Crippen LogP contribution in [0.4, 0.5) is 5.69 Å². The van der Waals surface area contributed by atoms with Crippen molar-refractivity contribution in [2.24, 2.45) is 0 Å². The average molecular weight is 396 g/mol. The van der Waals surface area contributed by atoms with Crippen molar-refractivity contribution in [2.75, 3.05) is 18.6 Å². The first-order valence-electron chi connectivity index (χ1n) is 8.51. The minimum absolute atomic E-state index is 0.180. The summed E-state index contributed by atoms with van der Waals surface area (Å²) in [6, 6.07) is 9.15. The molecule has 0 aliphatic carbocycles. The number of imidazole rings is 1. The summed E-state index contributed by atoms with van der Waals surface area (Å²) in [5, 5.41) is 19.1. The number of nitriles is 1. The molecule has 0 amide bonds. The molecular weight excluding hydrogens is 380 g/mol. The Hall–Kier alpha value is -3.38. The van der Waals surface area contributed by atoms with Gasteiger partial charge < -0.3 is 19.2 Å². The van der Waals surface area contributed by atoms with Gasteiger partial charge in [-0.05, 0) is 19.1 Å². The third-order valence-corrected chi connectivity index (χ3v) is 5.47. The second-order valence-corrected chi connectivity index (χ2v) is 7.09. The van der Waals surface area contributed by atoms with Gasteiger partial charge in [0.15, 0.2) is 0 Å². The van der Waals surface area contributed by atoms with E-state index >= 15 is 0 Å². The predicted octanol–water partition coefficient (Wildman–Crippen LogP) is 3.52. The summed E-state index contributed by atoms with van der Waals surface area (Å²) < 4.78 is 12.7. The fourth-order valence-electron chi connectivity index (χ4n) is 3.13. The molecule has 9 heteroatoms. The van der Waals surface area contributed by atoms with Crippen LogP contribution in [-0.4, -0.2) is 34.3 Å². The summed E-state index contributed by atoms with van der Waals surface area (Å²) >= 11 is 1.47. The second-order valence-electron chi connectivity index (χ2n) is 6.03. The summed E-state index contributed by atoms with van der Waals surface area (Å²) in [5.74, 6) is 0.570. The average Bonchev–Trinajstić information content (AvgIpc) is 3.32. The van der Waals surface area contributed by atoms with Crippen LogP contribution in [0.2, 0.25) is 0 Å². The van der Waals surface area contributed by atoms with Crippen molar-refractivity contribution in [3.8, 4) is 11.8 Å². The number of carboxylic acid groups (broad SMARTS) is 1. The molecule has 0 unspecified atom stereocenters. The summed E-state index contributed by atoms with van der Waals surface area (Å²) in [6.45, 7) is 2.37. The third-order valence-electron chi connectivity index (χ3n) is 4.36. The number of benzene rings is 1. The van der Waals surface area contributed by atoms with Gasteiger partial charge in [0, 0.05) is 29.6 Å². The Balaban J connectivity index is 1.80. The van der Waals surface area contributed by atoms with Crippen LogP contribution in [-0.2, 0) is 11.3 Å². The highest BCUT2D eigenvalue weighted by molar-refractivity contribution is 8.03. The molecule has 0 saturated heterocycles. The molecule has 1 N–H and O–H groups in total. The Labute approximate surface area is 164 Å². The van der Waals surface area contributed by atoms with Gasteiger partial charge in [-0.2, -0.15) is 5.26 Å². The Bertz CT molecular complexity index is 1150. The van der Waals surface area contributed by atoms with E-state index in [0.717, 1.165) is 15.6 Å². The number of thioether (sulfide) groups is 1. The summed E-state index contributed by atoms with van der Waals surface area (Å²) in [4.78, 5) is 18.7. The van der Waals surface area contributed by atoms with Crippen molar-refractivity contribution in [2.45, 2.75) is 18.4 Å². The first kappa shape index (κ1) is 18.0. The highest BCUT2D eigenvalue weighted by Gasteiger charge is 2.28. The SMILES string of the molecule is CCn1c(/C=C2\Sc3ccc(OC)cc3N2CC(=O)O)nc2cc(C#N)oc21. The molecule has 8 nitrogen and oxygen atoms in total. The van der Waals surface area contributed by atoms with Crippen molar-refractivity contribution < 1.29 is 19.1 Å². The van der Waals surface area contributed by atoms with Crippen LogP contribution in [0.25, 0.3) is 17.3 Å². The van der Waals surface area contributed by atoms with Crippen LogP contribution in [0.15, 0.2) is 38.6 Å². The van der Waals surface area contributed by atoms with E-state index in [0.29, 0.717) is 29.3 Å². The quantitative estimate of drug-likeness (QED) is 0.698. The minimum atomic E-state index is -0.937. The second kappa shape index (κ2) is 6.98. The smallest absolute Gasteiger partial charge is 0.323 e. The number of aryl methyl sites for hydroxylation is 1. The van der Waals surface area contributed by atoms with Crippen LogP contribution in [0.5, 0.6) is 5.75 Å². The fraction of sp³-hybridized carbons (Fsp3) is 0.211. The van der Waals surface area contributed by atoms with Crippen molar-refractivity contribution in [1.29, 1.82) is 5.26 Å². The molecule has 28 heavy (non-hydrogen) atoms. The molecule has 0 saturated carbocycles. The van der Waals surface area contributed by atoms with Crippen molar-refractivity contribution in [3.05, 3.63) is 40.9 Å². The molecule has 4 rings (SSSR count). The Morgan fingerprint density at radius 3 is 2.96 bits per heavy atom. The van der Waals surface area contributed by atoms with Crippen LogP contribution in [0.1, 0.15) is 18.5 Å². The number of hydrogen-bond acceptors (Lipinski definition) is 7. The number of anilines is 1. The number of aliphatic carboxylic acids is 1. The van der Waals surface area contributed by atoms with Crippen molar-refractivity contribution in [1.82, 2.24) is 9.55 Å². The predicted molar refractivity (Wildman–Crippen MR) is 104 cm³/mol. The summed E-state index contributed by atoms with van der Waals surface area (Å²) in [5.41, 5.74) is 1.90. The Kier molecular flexibility index (Phi) is 4.49. The third kappa shape index (κ3) is 2.97. The standard InChI is InChI=1S/C19H16N4O4S/c1-3-22-16(21-13-6-12(9-20)27-19(13)22)8-17-23(10-18(24)25)14-7-11(26-2)4-5-15(14)28-17/h4-8H,3,10H2,1-2H3,(H,24,25)/b17-8-. The fourth-order valence-corrected chi connectivity index (χ4v) is 4.20. The Morgan fingerprint density at radius 2 is 2.29 bits per heavy atom. The molecule has 3 aromatic rings. The number of carbonyl (C=O) groups is 1. The number of hydrogen-bond donors (Lipinski definition) is 1. The molecular formula is C19H16N4O4S. The van der Waals surface area contributed by atoms with E-state index in [1.165, 1.54) is 11.8 Å². The van der Waals surface area contributed by atoms with Gasteiger partial charge >= 0.3 is 5.97 Å². The zero-order chi connectivity index (χ0) is 19.8. The van der Waals surface area contributed by atoms with Gasteiger partial charge in [0.1, 0.15) is 29.7 Å². The number of carboxylic acids is 1. The van der Waals surface area contributed by atoms with Gasteiger partial charge in [-0.25, -0.2) is 4.98 Å². The normalized spacial score (nSPS) is 14.5. The number of nitrogens with zero attached hydrogens (tertiary/aromatic N) is 4. The maximum atomic E-state index is 11.4. The number of furan rings is 1. The first-order chi connectivity index (χ1) is 13.5. The molecule has 0 atom stereocenters. The number of ether oxygens (including phenoxy) is 1. The lowest BCUT2D eigenvalue weighted by molar-refractivity contribution is -0.135. The molecule has 2 aromatic heterocycles. The highest BCUT2D eigenvalue weighted by atomic mass is 32.2. The van der Waals surface area contributed by atoms with Crippen LogP contribution < -0.4 is 9.64 Å². The van der Waals surface area contributed by atoms with Crippen LogP contribution in [0, 0.1) is 11.3 Å². The van der Waals surface area contributed by atoms with E-state index in [-0.39, 0.29) is 12.3 Å². The van der Waals surface area contributed by atoms with Crippen LogP contribution in [0.3, 0.4) is 0 Å². The Morgan fingerprint density at radius 1 is 1.46 bits per heavy atom. The number of rotatable bonds is 5. The van der Waals surface area contributed by atoms with E-state index < -0.39 is 5.97 Å². The topological polar surface area (TPSA) is 105 Å². The van der Waals surface area contributed by atoms with Crippen molar-refractivity contribution >= 4 is 40.7 Å². The van der Waals surface area contributed by atoms with Gasteiger partial charge in [0.25, 0.3) is 0 Å². The van der Waals surface area contributed by atoms with E-state index in [4.69, 9.17) is 14.4 Å². The lowest BCUT2D eigenvalue weighted by Gasteiger charge is -2.18. The minimum Gasteiger partial charge on any atom is -0.497 e. The van der Waals surface area contributed by atoms with Gasteiger partial charge in [0.2, 0.25) is 11.5 Å². The van der Waals surface area contributed by atoms with Gasteiger partial charge in [-0.15, -0.1) is 0 Å². The molecule has 0 fully saturated rings. The number of methoxy groups -OCH3 is 1. The van der Waals surface area contributed by atoms with Gasteiger partial charge in [0.05, 0.1) is 17.8 Å². The molecule has 0 bridgehead atoms. The summed E-state index contributed by atoms with van der Waals surface area (Å²) in [7, 11) is 1.57. The molecule has 1 aliphatic rings. The lowest BCUT2D eigenvalue weighted by atomic mass is 10.2. The molecule has 142 valence electrons. The van der Waals surface area contributed by atoms with Gasteiger partial charge in [-0.1, -0.05) is 11.8 Å². The number of fused-ring (bicyclic) bond motifs is 2. The molecule has 1 aliphatic heterocycles. The molecule has 0 spiro atoms. The van der Waals surface area contributed by atoms with Crippen LogP contribution >= 0.6 is 11.8 Å². The molecule has 1 aromatic carbocycles. The zero-order valence-electron chi connectivity index (χ0n) is 15.2. The number of aromatic nitrogens is 2. The van der Waals surface area contributed by atoms with Gasteiger partial charge in [-0.3, -0.25) is 9.36 Å². The van der Waals surface area contributed by atoms with E-state index in [1.54, 1.807) is 18.1 Å². The highest BCUT2D eigenvalue weighted by Crippen LogP contribution is 2.47. The van der Waals surface area contributed by atoms with E-state index in [1.807, 2.05) is 41.8 Å². The first-order valence-corrected chi connectivity index (χ1v) is 9.32. The monoisotopic (exact) mass is 396 g/mol. The zero-order valence-corrected chi connectivity index (χ0v) is 16.0. The van der Waals surface area contributed by atoms with Crippen molar-refractivity contribution in [3.63, 3.8) is 0 Å². The van der Waals surface area contributed by atoms with E-state index in [2.05, 4.69) is 4.98 Å².